The molecule has 0 spiro atoms. The van der Waals surface area contributed by atoms with Crippen molar-refractivity contribution in [2.45, 2.75) is 46.2 Å². The highest BCUT2D eigenvalue weighted by Crippen LogP contribution is 2.14. The summed E-state index contributed by atoms with van der Waals surface area (Å²) in [6.07, 6.45) is 2.42. The van der Waals surface area contributed by atoms with Crippen LogP contribution in [0.25, 0.3) is 0 Å². The van der Waals surface area contributed by atoms with Gasteiger partial charge in [0.15, 0.2) is 0 Å². The number of carbonyl (C=O) groups is 1. The molecule has 0 aliphatic heterocycles. The van der Waals surface area contributed by atoms with E-state index < -0.39 is 5.54 Å². The first-order chi connectivity index (χ1) is 8.53. The molecule has 0 amide bonds. The number of hydrogen-bond donors (Lipinski definition) is 1. The van der Waals surface area contributed by atoms with Gasteiger partial charge < -0.3 is 10.1 Å². The molecule has 102 valence electrons. The lowest BCUT2D eigenvalue weighted by Gasteiger charge is -2.28. The highest BCUT2D eigenvalue weighted by molar-refractivity contribution is 5.80. The normalized spacial score (nSPS) is 14.2. The molecule has 1 aromatic heterocycles. The molecule has 0 saturated heterocycles. The van der Waals surface area contributed by atoms with Gasteiger partial charge in [-0.25, -0.2) is 0 Å². The second kappa shape index (κ2) is 6.54. The van der Waals surface area contributed by atoms with Gasteiger partial charge in [-0.2, -0.15) is 5.10 Å². The molecule has 0 saturated carbocycles. The molecule has 5 heteroatoms. The van der Waals surface area contributed by atoms with Gasteiger partial charge in [-0.3, -0.25) is 9.48 Å². The first-order valence-electron chi connectivity index (χ1n) is 6.44. The fourth-order valence-electron chi connectivity index (χ4n) is 1.91. The van der Waals surface area contributed by atoms with E-state index in [-0.39, 0.29) is 5.97 Å². The minimum absolute atomic E-state index is 0.198. The number of aromatic nitrogens is 2. The Bertz CT molecular complexity index is 389. The van der Waals surface area contributed by atoms with Gasteiger partial charge in [-0.1, -0.05) is 6.92 Å². The molecular formula is C13H23N3O2. The van der Waals surface area contributed by atoms with Gasteiger partial charge in [-0.15, -0.1) is 0 Å². The quantitative estimate of drug-likeness (QED) is 0.748. The van der Waals surface area contributed by atoms with Gasteiger partial charge in [0, 0.05) is 18.4 Å². The summed E-state index contributed by atoms with van der Waals surface area (Å²) in [5, 5.41) is 7.43. The van der Waals surface area contributed by atoms with Crippen LogP contribution in [0.3, 0.4) is 0 Å². The molecule has 1 rings (SSSR count). The van der Waals surface area contributed by atoms with E-state index in [9.17, 15) is 4.79 Å². The molecule has 0 radical (unpaired) electrons. The summed E-state index contributed by atoms with van der Waals surface area (Å²) < 4.78 is 7.03. The molecule has 1 aromatic rings. The predicted molar refractivity (Wildman–Crippen MR) is 70.3 cm³/mol. The number of likely N-dealkylation sites (N-methyl/N-ethyl adjacent to an activating group) is 1. The van der Waals surface area contributed by atoms with Gasteiger partial charge >= 0.3 is 5.97 Å². The van der Waals surface area contributed by atoms with E-state index in [1.54, 1.807) is 6.20 Å². The largest absolute Gasteiger partial charge is 0.465 e. The number of nitrogens with one attached hydrogen (secondary N) is 1. The van der Waals surface area contributed by atoms with Crippen molar-refractivity contribution in [3.05, 3.63) is 18.0 Å². The van der Waals surface area contributed by atoms with Crippen LogP contribution in [0.1, 0.15) is 32.9 Å². The second-order valence-electron chi connectivity index (χ2n) is 4.53. The Balaban J connectivity index is 2.67. The second-order valence-corrected chi connectivity index (χ2v) is 4.53. The molecule has 1 atom stereocenters. The lowest BCUT2D eigenvalue weighted by molar-refractivity contribution is -0.150. The number of hydrogen-bond acceptors (Lipinski definition) is 4. The van der Waals surface area contributed by atoms with E-state index >= 15 is 0 Å². The predicted octanol–water partition coefficient (Wildman–Crippen LogP) is 1.51. The van der Waals surface area contributed by atoms with Crippen LogP contribution in [0.15, 0.2) is 12.3 Å². The molecule has 1 heterocycles. The molecule has 0 aromatic carbocycles. The molecule has 0 fully saturated rings. The molecule has 1 N–H and O–H groups in total. The Hall–Kier alpha value is -1.36. The van der Waals surface area contributed by atoms with Gasteiger partial charge in [0.05, 0.1) is 6.61 Å². The Morgan fingerprint density at radius 3 is 2.78 bits per heavy atom. The van der Waals surface area contributed by atoms with Crippen LogP contribution in [0, 0.1) is 6.92 Å². The average molecular weight is 253 g/mol. The van der Waals surface area contributed by atoms with E-state index in [0.29, 0.717) is 19.6 Å². The molecular weight excluding hydrogens is 230 g/mol. The molecule has 1 unspecified atom stereocenters. The van der Waals surface area contributed by atoms with Crippen LogP contribution < -0.4 is 5.32 Å². The van der Waals surface area contributed by atoms with Crippen LogP contribution in [-0.2, 0) is 16.1 Å². The fraction of sp³-hybridized carbons (Fsp3) is 0.692. The van der Waals surface area contributed by atoms with Crippen molar-refractivity contribution in [3.8, 4) is 0 Å². The number of ether oxygens (including phenoxy) is 1. The van der Waals surface area contributed by atoms with Crippen LogP contribution in [0.4, 0.5) is 0 Å². The fourth-order valence-corrected chi connectivity index (χ4v) is 1.91. The zero-order valence-electron chi connectivity index (χ0n) is 11.7. The SMILES string of the molecule is CCNC(C)(CCn1nccc1C)C(=O)OCC. The summed E-state index contributed by atoms with van der Waals surface area (Å²) in [5.74, 6) is -0.198. The minimum Gasteiger partial charge on any atom is -0.465 e. The number of aryl methyl sites for hydroxylation is 2. The zero-order valence-corrected chi connectivity index (χ0v) is 11.7. The molecule has 0 bridgehead atoms. The van der Waals surface area contributed by atoms with Crippen molar-refractivity contribution in [1.29, 1.82) is 0 Å². The number of nitrogens with zero attached hydrogens (tertiary/aromatic N) is 2. The lowest BCUT2D eigenvalue weighted by Crippen LogP contribution is -2.51. The maximum atomic E-state index is 12.0. The topological polar surface area (TPSA) is 56.2 Å². The minimum atomic E-state index is -0.650. The number of carbonyl (C=O) groups excluding carboxylic acids is 1. The van der Waals surface area contributed by atoms with Crippen molar-refractivity contribution in [2.24, 2.45) is 0 Å². The number of esters is 1. The third-order valence-corrected chi connectivity index (χ3v) is 3.05. The zero-order chi connectivity index (χ0) is 13.6. The Morgan fingerprint density at radius 2 is 2.28 bits per heavy atom. The van der Waals surface area contributed by atoms with Gasteiger partial charge in [-0.05, 0) is 39.8 Å². The summed E-state index contributed by atoms with van der Waals surface area (Å²) in [7, 11) is 0. The third-order valence-electron chi connectivity index (χ3n) is 3.05. The van der Waals surface area contributed by atoms with Crippen LogP contribution in [0.5, 0.6) is 0 Å². The third kappa shape index (κ3) is 3.57. The summed E-state index contributed by atoms with van der Waals surface area (Å²) in [6.45, 7) is 9.52. The Labute approximate surface area is 109 Å². The van der Waals surface area contributed by atoms with Crippen molar-refractivity contribution < 1.29 is 9.53 Å². The van der Waals surface area contributed by atoms with Crippen LogP contribution in [0.2, 0.25) is 0 Å². The first-order valence-corrected chi connectivity index (χ1v) is 6.44. The Morgan fingerprint density at radius 1 is 1.56 bits per heavy atom. The van der Waals surface area contributed by atoms with Crippen molar-refractivity contribution in [1.82, 2.24) is 15.1 Å². The average Bonchev–Trinajstić information content (AvgIpc) is 2.73. The molecule has 18 heavy (non-hydrogen) atoms. The molecule has 0 aliphatic rings. The Kier molecular flexibility index (Phi) is 5.34. The lowest BCUT2D eigenvalue weighted by atomic mass is 9.98. The highest BCUT2D eigenvalue weighted by atomic mass is 16.5. The standard InChI is InChI=1S/C13H23N3O2/c1-5-14-13(4,12(17)18-6-2)8-10-16-11(3)7-9-15-16/h7,9,14H,5-6,8,10H2,1-4H3. The maximum absolute atomic E-state index is 12.0. The van der Waals surface area contributed by atoms with E-state index in [4.69, 9.17) is 4.74 Å². The van der Waals surface area contributed by atoms with Crippen LogP contribution >= 0.6 is 0 Å². The monoisotopic (exact) mass is 253 g/mol. The summed E-state index contributed by atoms with van der Waals surface area (Å²) in [5.41, 5.74) is 0.445. The van der Waals surface area contributed by atoms with Gasteiger partial charge in [0.2, 0.25) is 0 Å². The van der Waals surface area contributed by atoms with Crippen molar-refractivity contribution >= 4 is 5.97 Å². The van der Waals surface area contributed by atoms with E-state index in [0.717, 1.165) is 12.2 Å². The summed E-state index contributed by atoms with van der Waals surface area (Å²) in [4.78, 5) is 12.0. The van der Waals surface area contributed by atoms with Crippen LogP contribution in [-0.4, -0.2) is 34.4 Å². The first kappa shape index (κ1) is 14.7. The number of rotatable bonds is 7. The summed E-state index contributed by atoms with van der Waals surface area (Å²) >= 11 is 0. The van der Waals surface area contributed by atoms with E-state index in [1.165, 1.54) is 0 Å². The van der Waals surface area contributed by atoms with Gasteiger partial charge in [0.1, 0.15) is 5.54 Å². The summed E-state index contributed by atoms with van der Waals surface area (Å²) in [6, 6.07) is 1.95. The van der Waals surface area contributed by atoms with Gasteiger partial charge in [0.25, 0.3) is 0 Å². The molecule has 5 nitrogen and oxygen atoms in total. The maximum Gasteiger partial charge on any atom is 0.326 e. The molecule has 0 aliphatic carbocycles. The van der Waals surface area contributed by atoms with E-state index in [2.05, 4.69) is 10.4 Å². The van der Waals surface area contributed by atoms with Crippen molar-refractivity contribution in [3.63, 3.8) is 0 Å². The smallest absolute Gasteiger partial charge is 0.326 e. The van der Waals surface area contributed by atoms with E-state index in [1.807, 2.05) is 38.4 Å². The van der Waals surface area contributed by atoms with Crippen molar-refractivity contribution in [2.75, 3.05) is 13.2 Å². The highest BCUT2D eigenvalue weighted by Gasteiger charge is 2.33.